The van der Waals surface area contributed by atoms with Crippen molar-refractivity contribution in [1.29, 1.82) is 0 Å². The number of halogens is 4. The summed E-state index contributed by atoms with van der Waals surface area (Å²) in [7, 11) is 0.264. The maximum atomic E-state index is 8.21. The summed E-state index contributed by atoms with van der Waals surface area (Å²) in [6.07, 6.45) is 0. The summed E-state index contributed by atoms with van der Waals surface area (Å²) in [5, 5.41) is 25.2. The molecule has 1 aliphatic rings. The molecular weight excluding hydrogens is 1800 g/mol. The van der Waals surface area contributed by atoms with Crippen molar-refractivity contribution in [2.75, 3.05) is 0 Å². The molecule has 17 aromatic carbocycles. The van der Waals surface area contributed by atoms with E-state index in [9.17, 15) is 0 Å². The molecule has 16 heteroatoms. The molecule has 1 radical (unpaired) electrons. The molecule has 599 valence electrons. The molecule has 1 aliphatic heterocycles. The zero-order chi connectivity index (χ0) is 84.3. The average Bonchev–Trinajstić information content (AvgIpc) is 1.60. The molecule has 0 atom stereocenters. The lowest BCUT2D eigenvalue weighted by molar-refractivity contribution is 0.00578. The van der Waals surface area contributed by atoms with Crippen LogP contribution in [0.5, 0.6) is 5.75 Å². The van der Waals surface area contributed by atoms with E-state index in [1.807, 2.05) is 52.2 Å². The number of hydrogen-bond acceptors (Lipinski definition) is 7. The van der Waals surface area contributed by atoms with Crippen molar-refractivity contribution in [2.24, 2.45) is 0 Å². The first kappa shape index (κ1) is 80.8. The van der Waals surface area contributed by atoms with Crippen molar-refractivity contribution < 1.29 is 19.0 Å². The molecular formula is C108H76B2BrCl2IN3O4S3. The molecule has 0 amide bonds. The van der Waals surface area contributed by atoms with Crippen molar-refractivity contribution in [3.63, 3.8) is 0 Å². The molecule has 0 spiro atoms. The fraction of sp³-hybridized carbons (Fsp3) is 0.0556. The average molecular weight is 1880 g/mol. The number of aromatic nitrogens is 3. The largest absolute Gasteiger partial charge is 0.569 e. The molecule has 7 nitrogen and oxygen atoms in total. The quantitative estimate of drug-likeness (QED) is 0.116. The standard InChI is InChI=1S/C36H22ClNS.C30H19NS.C24H24BNO2.C12H6BrIS.C6H5BClO2/c37-27-15-10-23(11-16-27)26-13-18-31-32-20-24(14-19-35(32)39-36(31)22-26)25-12-17-30-29-8-4-5-9-33(29)38(34(30)21-25)28-6-2-1-3-7-28;1-2-8-22(9-3-1)31-27-12-6-4-10-23(27)24-16-14-21(19-28(24)31)20-15-17-30-26(18-20)25-11-5-7-13-29(25)32-30;1-23(2)24(3,4)28-25(27-23)17-14-15-20-19-12-8-9-13-21(19)26(22(20)16-17)18-10-6-5-7-11-18;13-7-1-3-9-10-6-8(14)2-4-11(10)15-12(9)5-7;8-5-1-3-6(4-2-5)10-7-9/h1-22H;1-19H;5-16H,1-4H3;1-6H;1-4,9H. The molecule has 124 heavy (non-hydrogen) atoms. The molecule has 7 heterocycles. The van der Waals surface area contributed by atoms with Gasteiger partial charge in [0.25, 0.3) is 0 Å². The Hall–Kier alpha value is -11.6. The predicted molar refractivity (Wildman–Crippen MR) is 545 cm³/mol. The molecule has 0 saturated carbocycles. The van der Waals surface area contributed by atoms with E-state index in [0.29, 0.717) is 18.5 Å². The van der Waals surface area contributed by atoms with Gasteiger partial charge in [-0.25, -0.2) is 0 Å². The van der Waals surface area contributed by atoms with Gasteiger partial charge in [0.05, 0.1) is 44.3 Å². The maximum Gasteiger partial charge on any atom is 0.569 e. The minimum absolute atomic E-state index is 0.348. The van der Waals surface area contributed by atoms with E-state index in [-0.39, 0.29) is 18.3 Å². The van der Waals surface area contributed by atoms with Gasteiger partial charge in [-0.15, -0.1) is 34.0 Å². The highest BCUT2D eigenvalue weighted by Crippen LogP contribution is 2.45. The third-order valence-corrected chi connectivity index (χ3v) is 28.8. The van der Waals surface area contributed by atoms with Crippen LogP contribution in [0.3, 0.4) is 0 Å². The lowest BCUT2D eigenvalue weighted by atomic mass is 9.79. The van der Waals surface area contributed by atoms with Gasteiger partial charge in [-0.2, -0.15) is 0 Å². The van der Waals surface area contributed by atoms with Gasteiger partial charge in [0.1, 0.15) is 5.75 Å². The fourth-order valence-corrected chi connectivity index (χ4v) is 21.6. The van der Waals surface area contributed by atoms with Crippen molar-refractivity contribution in [3.05, 3.63) is 400 Å². The van der Waals surface area contributed by atoms with E-state index in [0.717, 1.165) is 20.6 Å². The number of hydrogen-bond donors (Lipinski definition) is 1. The van der Waals surface area contributed by atoms with Crippen LogP contribution in [-0.4, -0.2) is 44.7 Å². The number of nitrogens with zero attached hydrogens (tertiary/aromatic N) is 3. The number of benzene rings is 17. The molecule has 24 rings (SSSR count). The van der Waals surface area contributed by atoms with E-state index in [4.69, 9.17) is 37.5 Å². The third-order valence-electron chi connectivity index (χ3n) is 23.7. The molecule has 6 aromatic heterocycles. The Morgan fingerprint density at radius 2 is 0.653 bits per heavy atom. The van der Waals surface area contributed by atoms with Gasteiger partial charge >= 0.3 is 14.8 Å². The fourth-order valence-electron chi connectivity index (χ4n) is 17.0. The van der Waals surface area contributed by atoms with Crippen molar-refractivity contribution >= 4 is 242 Å². The Morgan fingerprint density at radius 1 is 0.315 bits per heavy atom. The number of rotatable bonds is 9. The van der Waals surface area contributed by atoms with Crippen LogP contribution >= 0.6 is 95.7 Å². The monoisotopic (exact) mass is 1870 g/mol. The second-order valence-electron chi connectivity index (χ2n) is 31.8. The Balaban J connectivity index is 0.000000104. The molecule has 0 aliphatic carbocycles. The summed E-state index contributed by atoms with van der Waals surface area (Å²) < 4.78 is 34.7. The molecule has 1 N–H and O–H groups in total. The minimum Gasteiger partial charge on any atom is -0.537 e. The Morgan fingerprint density at radius 3 is 1.15 bits per heavy atom. The number of fused-ring (bicyclic) bond motifs is 18. The van der Waals surface area contributed by atoms with Crippen molar-refractivity contribution in [1.82, 2.24) is 13.7 Å². The minimum atomic E-state index is -0.364. The van der Waals surface area contributed by atoms with Gasteiger partial charge in [0, 0.05) is 128 Å². The van der Waals surface area contributed by atoms with Gasteiger partial charge in [-0.05, 0) is 265 Å². The van der Waals surface area contributed by atoms with Crippen molar-refractivity contribution in [2.45, 2.75) is 38.9 Å². The lowest BCUT2D eigenvalue weighted by Crippen LogP contribution is -2.41. The van der Waals surface area contributed by atoms with E-state index in [1.165, 1.54) is 174 Å². The van der Waals surface area contributed by atoms with Crippen LogP contribution < -0.4 is 10.1 Å². The first-order valence-corrected chi connectivity index (χ1v) is 46.0. The van der Waals surface area contributed by atoms with Gasteiger partial charge in [0.15, 0.2) is 0 Å². The molecule has 0 unspecified atom stereocenters. The lowest BCUT2D eigenvalue weighted by Gasteiger charge is -2.32. The normalized spacial score (nSPS) is 12.9. The summed E-state index contributed by atoms with van der Waals surface area (Å²) in [4.78, 5) is 0. The molecule has 23 aromatic rings. The summed E-state index contributed by atoms with van der Waals surface area (Å²) in [6, 6.07) is 135. The maximum absolute atomic E-state index is 8.21. The van der Waals surface area contributed by atoms with E-state index >= 15 is 0 Å². The highest BCUT2D eigenvalue weighted by molar-refractivity contribution is 14.1. The van der Waals surface area contributed by atoms with Gasteiger partial charge in [-0.3, -0.25) is 0 Å². The van der Waals surface area contributed by atoms with Crippen LogP contribution in [0.15, 0.2) is 387 Å². The third kappa shape index (κ3) is 15.7. The second kappa shape index (κ2) is 34.1. The zero-order valence-electron chi connectivity index (χ0n) is 67.8. The van der Waals surface area contributed by atoms with Crippen LogP contribution in [0, 0.1) is 3.57 Å². The van der Waals surface area contributed by atoms with Crippen LogP contribution in [0.25, 0.3) is 176 Å². The van der Waals surface area contributed by atoms with Gasteiger partial charge < -0.3 is 32.7 Å². The van der Waals surface area contributed by atoms with E-state index in [1.54, 1.807) is 24.3 Å². The molecule has 1 fully saturated rings. The summed E-state index contributed by atoms with van der Waals surface area (Å²) in [5.74, 6) is 0.562. The van der Waals surface area contributed by atoms with Gasteiger partial charge in [-0.1, -0.05) is 245 Å². The van der Waals surface area contributed by atoms with Crippen LogP contribution in [-0.2, 0) is 9.31 Å². The first-order chi connectivity index (χ1) is 60.5. The Bertz CT molecular complexity index is 7950. The summed E-state index contributed by atoms with van der Waals surface area (Å²) >= 11 is 23.1. The Labute approximate surface area is 762 Å². The summed E-state index contributed by atoms with van der Waals surface area (Å²) in [6.45, 7) is 8.36. The first-order valence-electron chi connectivity index (χ1n) is 40.9. The second-order valence-corrected chi connectivity index (χ2v) is 38.1. The Kier molecular flexibility index (Phi) is 22.2. The topological polar surface area (TPSA) is 62.7 Å². The SMILES string of the molecule is Brc1ccc2c(c1)sc1ccc(I)cc12.CC1(C)OB(c2ccc3c4ccccc4n(-c4ccccc4)c3c2)OC1(C)C.Clc1ccc(-c2ccc3c(c2)sc2ccc(-c4ccc5c6ccccc6n(-c6ccccc6)c5c4)cc23)cc1.O[B]Oc1ccc(Cl)cc1.c1ccc(-n2c3ccccc3c3ccc(-c4ccc5sc6ccccc6c5c4)cc32)cc1. The number of thiophene rings is 3. The van der Waals surface area contributed by atoms with Gasteiger partial charge in [0.2, 0.25) is 0 Å². The highest BCUT2D eigenvalue weighted by atomic mass is 127. The predicted octanol–water partition coefficient (Wildman–Crippen LogP) is 31.7. The molecule has 0 bridgehead atoms. The van der Waals surface area contributed by atoms with Crippen LogP contribution in [0.1, 0.15) is 27.7 Å². The van der Waals surface area contributed by atoms with Crippen LogP contribution in [0.4, 0.5) is 0 Å². The molecule has 1 saturated heterocycles. The van der Waals surface area contributed by atoms with E-state index in [2.05, 4.69) is 424 Å². The van der Waals surface area contributed by atoms with Crippen molar-refractivity contribution in [3.8, 4) is 56.2 Å². The van der Waals surface area contributed by atoms with E-state index < -0.39 is 0 Å². The smallest absolute Gasteiger partial charge is 0.537 e. The van der Waals surface area contributed by atoms with Crippen LogP contribution in [0.2, 0.25) is 10.0 Å². The summed E-state index contributed by atoms with van der Waals surface area (Å²) in [5.41, 5.74) is 18.5. The highest BCUT2D eigenvalue weighted by Gasteiger charge is 2.52. The zero-order valence-corrected chi connectivity index (χ0v) is 75.5. The number of para-hydroxylation sites is 6.